The van der Waals surface area contributed by atoms with Gasteiger partial charge in [0.05, 0.1) is 28.3 Å². The molecule has 0 radical (unpaired) electrons. The van der Waals surface area contributed by atoms with E-state index in [1.54, 1.807) is 32.9 Å². The van der Waals surface area contributed by atoms with E-state index in [0.717, 1.165) is 16.3 Å². The predicted octanol–water partition coefficient (Wildman–Crippen LogP) is 5.52. The number of anilines is 2. The normalized spacial score (nSPS) is 17.2. The number of nitrogens with one attached hydrogen (secondary N) is 3. The Bertz CT molecular complexity index is 1550. The molecule has 0 saturated heterocycles. The summed E-state index contributed by atoms with van der Waals surface area (Å²) < 4.78 is 34.0. The molecule has 10 nitrogen and oxygen atoms in total. The monoisotopic (exact) mass is 549 g/mol. The van der Waals surface area contributed by atoms with Crippen molar-refractivity contribution in [3.63, 3.8) is 0 Å². The Morgan fingerprint density at radius 1 is 1.30 bits per heavy atom. The number of H-pyrrole nitrogens is 1. The third-order valence-corrected chi connectivity index (χ3v) is 6.76. The quantitative estimate of drug-likeness (QED) is 0.280. The van der Waals surface area contributed by atoms with Crippen LogP contribution in [-0.2, 0) is 9.53 Å². The van der Waals surface area contributed by atoms with Gasteiger partial charge < -0.3 is 10.1 Å². The topological polar surface area (TPSA) is 125 Å². The number of aromatic nitrogens is 4. The van der Waals surface area contributed by atoms with Crippen LogP contribution in [-0.4, -0.2) is 56.0 Å². The van der Waals surface area contributed by atoms with Crippen molar-refractivity contribution < 1.29 is 23.1 Å². The van der Waals surface area contributed by atoms with Crippen LogP contribution in [0.25, 0.3) is 32.5 Å². The van der Waals surface area contributed by atoms with Crippen LogP contribution in [0, 0.1) is 11.7 Å². The number of aromatic amines is 1. The van der Waals surface area contributed by atoms with E-state index in [4.69, 9.17) is 16.3 Å². The molecule has 1 saturated carbocycles. The fourth-order valence-corrected chi connectivity index (χ4v) is 4.79. The molecule has 2 amide bonds. The average Bonchev–Trinajstić information content (AvgIpc) is 3.18. The highest BCUT2D eigenvalue weighted by Crippen LogP contribution is 2.42. The number of hydrogen-bond acceptors (Lipinski definition) is 8. The average molecular weight is 550 g/mol. The zero-order chi connectivity index (χ0) is 26.6. The minimum absolute atomic E-state index is 0.0929. The smallest absolute Gasteiger partial charge is 0.428 e. The summed E-state index contributed by atoms with van der Waals surface area (Å²) in [6, 6.07) is 3.29. The molecule has 0 aliphatic heterocycles. The lowest BCUT2D eigenvalue weighted by atomic mass is 10.0. The standard InChI is InChI=1S/C23H22ClF2N7O3S/c1-23(2,3)36-22(35)33(4)32-18-16(26)15(24)14(10-8-27-31-17(10)18)12-5-6-13-20(28-12)37-21(29-13)30-19(34)9-7-11(9)25/h5-6,8-9,11,32H,7H2,1-4H3,(H,27,31)(H,29,30,34)/t9-,11+/m1/s1. The number of alkyl halides is 1. The molecular formula is C23H22ClF2N7O3S. The summed E-state index contributed by atoms with van der Waals surface area (Å²) in [6.07, 6.45) is -0.150. The number of rotatable bonds is 5. The number of hydrogen-bond donors (Lipinski definition) is 3. The van der Waals surface area contributed by atoms with Crippen molar-refractivity contribution in [2.45, 2.75) is 39.0 Å². The molecule has 3 aromatic heterocycles. The number of benzene rings is 1. The summed E-state index contributed by atoms with van der Waals surface area (Å²) in [4.78, 5) is 33.8. The van der Waals surface area contributed by atoms with E-state index in [2.05, 4.69) is 30.9 Å². The molecule has 1 fully saturated rings. The van der Waals surface area contributed by atoms with E-state index in [1.165, 1.54) is 13.2 Å². The fraction of sp³-hybridized carbons (Fsp3) is 0.348. The summed E-state index contributed by atoms with van der Waals surface area (Å²) in [7, 11) is 1.39. The Hall–Kier alpha value is -3.58. The first kappa shape index (κ1) is 25.1. The molecule has 1 aliphatic rings. The number of ether oxygens (including phenoxy) is 1. The van der Waals surface area contributed by atoms with Crippen molar-refractivity contribution in [3.8, 4) is 11.3 Å². The third kappa shape index (κ3) is 4.88. The van der Waals surface area contributed by atoms with Gasteiger partial charge in [-0.05, 0) is 39.3 Å². The largest absolute Gasteiger partial charge is 0.442 e. The fourth-order valence-electron chi connectivity index (χ4n) is 3.66. The van der Waals surface area contributed by atoms with Crippen molar-refractivity contribution in [1.82, 2.24) is 25.2 Å². The second kappa shape index (κ2) is 9.06. The Kier molecular flexibility index (Phi) is 6.15. The van der Waals surface area contributed by atoms with Crippen molar-refractivity contribution in [2.75, 3.05) is 17.8 Å². The Balaban J connectivity index is 1.48. The van der Waals surface area contributed by atoms with Gasteiger partial charge in [-0.25, -0.2) is 28.6 Å². The summed E-state index contributed by atoms with van der Waals surface area (Å²) in [5.74, 6) is -1.89. The first-order chi connectivity index (χ1) is 17.4. The lowest BCUT2D eigenvalue weighted by Gasteiger charge is -2.26. The van der Waals surface area contributed by atoms with Gasteiger partial charge in [0.25, 0.3) is 0 Å². The minimum atomic E-state index is -1.12. The third-order valence-electron chi connectivity index (χ3n) is 5.53. The van der Waals surface area contributed by atoms with Crippen molar-refractivity contribution >= 4 is 67.0 Å². The maximum absolute atomic E-state index is 15.6. The molecule has 0 unspecified atom stereocenters. The number of halogens is 3. The molecular weight excluding hydrogens is 528 g/mol. The molecule has 14 heteroatoms. The van der Waals surface area contributed by atoms with Gasteiger partial charge in [0.2, 0.25) is 5.91 Å². The van der Waals surface area contributed by atoms with Crippen LogP contribution in [0.1, 0.15) is 27.2 Å². The summed E-state index contributed by atoms with van der Waals surface area (Å²) in [6.45, 7) is 5.15. The van der Waals surface area contributed by atoms with E-state index in [0.29, 0.717) is 26.6 Å². The molecule has 194 valence electrons. The highest BCUT2D eigenvalue weighted by molar-refractivity contribution is 7.22. The SMILES string of the molecule is CN(Nc1c(F)c(Cl)c(-c2ccc3nc(NC(=O)[C@@H]4C[C@@H]4F)sc3n2)c2cn[nH]c12)C(=O)OC(C)(C)C. The van der Waals surface area contributed by atoms with Crippen LogP contribution in [0.4, 0.5) is 24.4 Å². The van der Waals surface area contributed by atoms with Gasteiger partial charge in [-0.1, -0.05) is 22.9 Å². The number of carbonyl (C=O) groups is 2. The molecule has 3 heterocycles. The number of fused-ring (bicyclic) bond motifs is 2. The maximum atomic E-state index is 15.6. The highest BCUT2D eigenvalue weighted by Gasteiger charge is 2.44. The lowest BCUT2D eigenvalue weighted by Crippen LogP contribution is -2.38. The predicted molar refractivity (Wildman–Crippen MR) is 137 cm³/mol. The van der Waals surface area contributed by atoms with Crippen LogP contribution in [0.5, 0.6) is 0 Å². The van der Waals surface area contributed by atoms with E-state index >= 15 is 4.39 Å². The zero-order valence-electron chi connectivity index (χ0n) is 20.1. The number of hydrazine groups is 1. The van der Waals surface area contributed by atoms with Crippen LogP contribution in [0.2, 0.25) is 5.02 Å². The summed E-state index contributed by atoms with van der Waals surface area (Å²) in [5, 5.41) is 10.9. The first-order valence-corrected chi connectivity index (χ1v) is 12.4. The van der Waals surface area contributed by atoms with Crippen molar-refractivity contribution in [3.05, 3.63) is 29.2 Å². The van der Waals surface area contributed by atoms with E-state index < -0.39 is 35.5 Å². The van der Waals surface area contributed by atoms with Crippen LogP contribution >= 0.6 is 22.9 Å². The summed E-state index contributed by atoms with van der Waals surface area (Å²) >= 11 is 7.59. The number of pyridine rings is 1. The second-order valence-electron chi connectivity index (χ2n) is 9.58. The molecule has 2 atom stereocenters. The summed E-state index contributed by atoms with van der Waals surface area (Å²) in [5.41, 5.74) is 3.25. The molecule has 1 aliphatic carbocycles. The first-order valence-electron chi connectivity index (χ1n) is 11.2. The molecule has 0 spiro atoms. The highest BCUT2D eigenvalue weighted by atomic mass is 35.5. The zero-order valence-corrected chi connectivity index (χ0v) is 21.7. The van der Waals surface area contributed by atoms with Gasteiger partial charge in [0, 0.05) is 18.0 Å². The van der Waals surface area contributed by atoms with Gasteiger partial charge in [0.15, 0.2) is 10.9 Å². The van der Waals surface area contributed by atoms with Gasteiger partial charge in [-0.3, -0.25) is 15.3 Å². The van der Waals surface area contributed by atoms with Crippen LogP contribution in [0.15, 0.2) is 18.3 Å². The molecule has 1 aromatic carbocycles. The second-order valence-corrected chi connectivity index (χ2v) is 10.9. The van der Waals surface area contributed by atoms with E-state index in [9.17, 15) is 14.0 Å². The van der Waals surface area contributed by atoms with Gasteiger partial charge in [0.1, 0.15) is 27.8 Å². The van der Waals surface area contributed by atoms with Crippen molar-refractivity contribution in [1.29, 1.82) is 0 Å². The number of amides is 2. The van der Waals surface area contributed by atoms with Gasteiger partial charge in [-0.15, -0.1) is 0 Å². The molecule has 4 aromatic rings. The van der Waals surface area contributed by atoms with E-state index in [-0.39, 0.29) is 28.2 Å². The lowest BCUT2D eigenvalue weighted by molar-refractivity contribution is -0.117. The molecule has 3 N–H and O–H groups in total. The Labute approximate surface area is 218 Å². The number of carbonyl (C=O) groups excluding carboxylic acids is 2. The van der Waals surface area contributed by atoms with Gasteiger partial charge >= 0.3 is 6.09 Å². The van der Waals surface area contributed by atoms with E-state index in [1.807, 2.05) is 0 Å². The molecule has 37 heavy (non-hydrogen) atoms. The van der Waals surface area contributed by atoms with Crippen molar-refractivity contribution in [2.24, 2.45) is 5.92 Å². The Morgan fingerprint density at radius 3 is 2.70 bits per heavy atom. The molecule has 0 bridgehead atoms. The Morgan fingerprint density at radius 2 is 2.03 bits per heavy atom. The molecule has 5 rings (SSSR count). The number of nitrogens with zero attached hydrogens (tertiary/aromatic N) is 4. The maximum Gasteiger partial charge on any atom is 0.428 e. The van der Waals surface area contributed by atoms with Crippen LogP contribution < -0.4 is 10.7 Å². The van der Waals surface area contributed by atoms with Crippen LogP contribution in [0.3, 0.4) is 0 Å². The minimum Gasteiger partial charge on any atom is -0.442 e. The number of thiazole rings is 1. The van der Waals surface area contributed by atoms with Gasteiger partial charge in [-0.2, -0.15) is 5.10 Å².